The van der Waals surface area contributed by atoms with Crippen LogP contribution in [0, 0.1) is 0 Å². The second-order valence-electron chi connectivity index (χ2n) is 4.00. The summed E-state index contributed by atoms with van der Waals surface area (Å²) in [6.45, 7) is 0. The number of nitrogens with one attached hydrogen (secondary N) is 1. The molecule has 0 aliphatic carbocycles. The Bertz CT molecular complexity index is 547. The molecule has 0 bridgehead atoms. The molecule has 1 unspecified atom stereocenters. The van der Waals surface area contributed by atoms with Crippen LogP contribution in [-0.2, 0) is 9.59 Å². The zero-order valence-electron chi connectivity index (χ0n) is 10.3. The third-order valence-electron chi connectivity index (χ3n) is 2.49. The van der Waals surface area contributed by atoms with Gasteiger partial charge in [0.2, 0.25) is 5.91 Å². The minimum Gasteiger partial charge on any atom is -0.481 e. The van der Waals surface area contributed by atoms with E-state index in [4.69, 9.17) is 27.5 Å². The van der Waals surface area contributed by atoms with Gasteiger partial charge in [0.15, 0.2) is 0 Å². The van der Waals surface area contributed by atoms with Crippen LogP contribution in [0.2, 0.25) is 5.02 Å². The summed E-state index contributed by atoms with van der Waals surface area (Å²) in [4.78, 5) is 33.2. The maximum Gasteiger partial charge on any atom is 0.339 e. The molecule has 7 nitrogen and oxygen atoms in total. The molecule has 108 valence electrons. The number of halogens is 1. The van der Waals surface area contributed by atoms with Gasteiger partial charge in [-0.1, -0.05) is 17.7 Å². The van der Waals surface area contributed by atoms with Gasteiger partial charge in [0, 0.05) is 6.42 Å². The van der Waals surface area contributed by atoms with E-state index < -0.39 is 23.9 Å². The summed E-state index contributed by atoms with van der Waals surface area (Å²) in [5.74, 6) is -3.02. The number of nitrogens with two attached hydrogens (primary N) is 1. The Kier molecular flexibility index (Phi) is 5.48. The molecule has 20 heavy (non-hydrogen) atoms. The maximum atomic E-state index is 11.7. The highest BCUT2D eigenvalue weighted by atomic mass is 35.5. The summed E-state index contributed by atoms with van der Waals surface area (Å²) in [5, 5.41) is 19.8. The molecule has 0 aliphatic heterocycles. The Balaban J connectivity index is 2.83. The number of hydrogen-bond donors (Lipinski definition) is 4. The number of carboxylic acids is 2. The van der Waals surface area contributed by atoms with E-state index in [0.717, 1.165) is 0 Å². The van der Waals surface area contributed by atoms with Crippen LogP contribution in [0.1, 0.15) is 23.2 Å². The van der Waals surface area contributed by atoms with Gasteiger partial charge >= 0.3 is 11.9 Å². The van der Waals surface area contributed by atoms with E-state index >= 15 is 0 Å². The van der Waals surface area contributed by atoms with E-state index in [1.165, 1.54) is 18.2 Å². The molecule has 0 aliphatic rings. The minimum atomic E-state index is -1.29. The summed E-state index contributed by atoms with van der Waals surface area (Å²) in [7, 11) is 0. The molecule has 0 heterocycles. The van der Waals surface area contributed by atoms with Gasteiger partial charge < -0.3 is 21.3 Å². The highest BCUT2D eigenvalue weighted by Gasteiger charge is 2.19. The minimum absolute atomic E-state index is 0.0146. The standard InChI is InChI=1S/C12H13ClN2O5/c13-6-2-1-3-8(10(6)12(19)20)15-11(18)7(14)4-5-9(16)17/h1-3,7H,4-5,14H2,(H,15,18)(H,16,17)(H,19,20). The van der Waals surface area contributed by atoms with Crippen molar-refractivity contribution in [3.8, 4) is 0 Å². The van der Waals surface area contributed by atoms with Gasteiger partial charge in [-0.25, -0.2) is 4.79 Å². The van der Waals surface area contributed by atoms with Crippen LogP contribution in [0.15, 0.2) is 18.2 Å². The smallest absolute Gasteiger partial charge is 0.339 e. The van der Waals surface area contributed by atoms with E-state index in [1.807, 2.05) is 0 Å². The topological polar surface area (TPSA) is 130 Å². The Hall–Kier alpha value is -2.12. The molecule has 5 N–H and O–H groups in total. The highest BCUT2D eigenvalue weighted by Crippen LogP contribution is 2.24. The van der Waals surface area contributed by atoms with E-state index in [9.17, 15) is 14.4 Å². The number of aromatic carboxylic acids is 1. The summed E-state index contributed by atoms with van der Waals surface area (Å²) in [6.07, 6.45) is -0.305. The number of aliphatic carboxylic acids is 1. The van der Waals surface area contributed by atoms with Gasteiger partial charge in [-0.2, -0.15) is 0 Å². The quantitative estimate of drug-likeness (QED) is 0.624. The fourth-order valence-corrected chi connectivity index (χ4v) is 1.74. The monoisotopic (exact) mass is 300 g/mol. The second-order valence-corrected chi connectivity index (χ2v) is 4.40. The zero-order valence-corrected chi connectivity index (χ0v) is 11.1. The van der Waals surface area contributed by atoms with Crippen LogP contribution in [0.5, 0.6) is 0 Å². The van der Waals surface area contributed by atoms with Crippen molar-refractivity contribution in [2.45, 2.75) is 18.9 Å². The Morgan fingerprint density at radius 2 is 1.95 bits per heavy atom. The number of benzene rings is 1. The maximum absolute atomic E-state index is 11.7. The Morgan fingerprint density at radius 1 is 1.30 bits per heavy atom. The lowest BCUT2D eigenvalue weighted by atomic mass is 10.1. The van der Waals surface area contributed by atoms with Gasteiger partial charge in [-0.15, -0.1) is 0 Å². The first-order valence-electron chi connectivity index (χ1n) is 5.63. The predicted octanol–water partition coefficient (Wildman–Crippen LogP) is 1.17. The van der Waals surface area contributed by atoms with Gasteiger partial charge in [0.05, 0.1) is 16.8 Å². The Morgan fingerprint density at radius 3 is 2.50 bits per heavy atom. The molecule has 0 radical (unpaired) electrons. The van der Waals surface area contributed by atoms with Crippen LogP contribution in [0.4, 0.5) is 5.69 Å². The largest absolute Gasteiger partial charge is 0.481 e. The van der Waals surface area contributed by atoms with Crippen molar-refractivity contribution in [3.05, 3.63) is 28.8 Å². The predicted molar refractivity (Wildman–Crippen MR) is 71.9 cm³/mol. The summed E-state index contributed by atoms with van der Waals surface area (Å²) in [5.41, 5.74) is 5.29. The average molecular weight is 301 g/mol. The number of carbonyl (C=O) groups is 3. The molecule has 1 atom stereocenters. The SMILES string of the molecule is NC(CCC(=O)O)C(=O)Nc1cccc(Cl)c1C(=O)O. The third-order valence-corrected chi connectivity index (χ3v) is 2.81. The van der Waals surface area contributed by atoms with Crippen LogP contribution in [-0.4, -0.2) is 34.1 Å². The van der Waals surface area contributed by atoms with Crippen molar-refractivity contribution >= 4 is 35.1 Å². The van der Waals surface area contributed by atoms with Crippen molar-refractivity contribution in [2.75, 3.05) is 5.32 Å². The van der Waals surface area contributed by atoms with Crippen molar-refractivity contribution in [1.82, 2.24) is 0 Å². The molecule has 0 saturated carbocycles. The van der Waals surface area contributed by atoms with E-state index in [1.54, 1.807) is 0 Å². The fourth-order valence-electron chi connectivity index (χ4n) is 1.48. The molecule has 1 rings (SSSR count). The number of hydrogen-bond acceptors (Lipinski definition) is 4. The first-order valence-corrected chi connectivity index (χ1v) is 6.00. The van der Waals surface area contributed by atoms with Gasteiger partial charge in [-0.3, -0.25) is 9.59 Å². The molecule has 0 spiro atoms. The molecule has 1 aromatic rings. The van der Waals surface area contributed by atoms with Crippen LogP contribution in [0.25, 0.3) is 0 Å². The summed E-state index contributed by atoms with van der Waals surface area (Å²) < 4.78 is 0. The Labute approximate surface area is 119 Å². The molecular formula is C12H13ClN2O5. The van der Waals surface area contributed by atoms with Crippen LogP contribution >= 0.6 is 11.6 Å². The number of carboxylic acid groups (broad SMARTS) is 2. The third kappa shape index (κ3) is 4.22. The first-order chi connectivity index (χ1) is 9.32. The van der Waals surface area contributed by atoms with Crippen molar-refractivity contribution in [3.63, 3.8) is 0 Å². The lowest BCUT2D eigenvalue weighted by molar-refractivity contribution is -0.137. The molecular weight excluding hydrogens is 288 g/mol. The van der Waals surface area contributed by atoms with Crippen LogP contribution in [0.3, 0.4) is 0 Å². The van der Waals surface area contributed by atoms with E-state index in [-0.39, 0.29) is 29.1 Å². The molecule has 0 aromatic heterocycles. The summed E-state index contributed by atoms with van der Waals surface area (Å²) >= 11 is 5.75. The number of anilines is 1. The van der Waals surface area contributed by atoms with Gasteiger partial charge in [0.1, 0.15) is 5.56 Å². The van der Waals surface area contributed by atoms with Crippen molar-refractivity contribution in [2.24, 2.45) is 5.73 Å². The van der Waals surface area contributed by atoms with E-state index in [2.05, 4.69) is 5.32 Å². The molecule has 1 amide bonds. The summed E-state index contributed by atoms with van der Waals surface area (Å²) in [6, 6.07) is 3.18. The first kappa shape index (κ1) is 15.9. The van der Waals surface area contributed by atoms with Crippen molar-refractivity contribution in [1.29, 1.82) is 0 Å². The lowest BCUT2D eigenvalue weighted by Gasteiger charge is -2.13. The molecule has 1 aromatic carbocycles. The lowest BCUT2D eigenvalue weighted by Crippen LogP contribution is -2.36. The van der Waals surface area contributed by atoms with Gasteiger partial charge in [-0.05, 0) is 18.6 Å². The molecule has 0 saturated heterocycles. The number of amides is 1. The number of carbonyl (C=O) groups excluding carboxylic acids is 1. The van der Waals surface area contributed by atoms with Gasteiger partial charge in [0.25, 0.3) is 0 Å². The van der Waals surface area contributed by atoms with Crippen LogP contribution < -0.4 is 11.1 Å². The molecule has 8 heteroatoms. The second kappa shape index (κ2) is 6.88. The average Bonchev–Trinajstić information content (AvgIpc) is 2.35. The fraction of sp³-hybridized carbons (Fsp3) is 0.250. The zero-order chi connectivity index (χ0) is 15.3. The highest BCUT2D eigenvalue weighted by molar-refractivity contribution is 6.34. The molecule has 0 fully saturated rings. The van der Waals surface area contributed by atoms with E-state index in [0.29, 0.717) is 0 Å². The van der Waals surface area contributed by atoms with Crippen molar-refractivity contribution < 1.29 is 24.6 Å². The normalized spacial score (nSPS) is 11.7. The number of rotatable bonds is 6.